The van der Waals surface area contributed by atoms with Gasteiger partial charge in [0.1, 0.15) is 13.2 Å². The number of carbonyl (C=O) groups excluding carboxylic acids is 2. The first kappa shape index (κ1) is 22.0. The van der Waals surface area contributed by atoms with Crippen LogP contribution in [0.1, 0.15) is 40.2 Å². The van der Waals surface area contributed by atoms with Crippen molar-refractivity contribution in [3.63, 3.8) is 0 Å². The Morgan fingerprint density at radius 3 is 2.18 bits per heavy atom. The van der Waals surface area contributed by atoms with Crippen LogP contribution in [-0.2, 0) is 30.2 Å². The number of rotatable bonds is 7. The maximum absolute atomic E-state index is 11.7. The third kappa shape index (κ3) is 5.59. The first-order valence-electron chi connectivity index (χ1n) is 9.19. The van der Waals surface area contributed by atoms with Crippen LogP contribution in [0.25, 0.3) is 0 Å². The topological polar surface area (TPSA) is 83.1 Å². The Morgan fingerprint density at radius 1 is 1.07 bits per heavy atom. The molecule has 1 aromatic carbocycles. The van der Waals surface area contributed by atoms with E-state index in [0.717, 1.165) is 11.0 Å². The van der Waals surface area contributed by atoms with Gasteiger partial charge in [0.25, 0.3) is 0 Å². The zero-order chi connectivity index (χ0) is 20.9. The van der Waals surface area contributed by atoms with Crippen LogP contribution in [0, 0.1) is 0 Å². The van der Waals surface area contributed by atoms with Gasteiger partial charge in [-0.05, 0) is 45.6 Å². The van der Waals surface area contributed by atoms with Crippen molar-refractivity contribution in [2.75, 3.05) is 13.2 Å². The lowest BCUT2D eigenvalue weighted by molar-refractivity contribution is -0.138. The van der Waals surface area contributed by atoms with E-state index in [-0.39, 0.29) is 19.8 Å². The summed E-state index contributed by atoms with van der Waals surface area (Å²) in [5.74, 6) is -0.489. The Hall–Kier alpha value is -2.32. The van der Waals surface area contributed by atoms with Crippen LogP contribution in [-0.4, -0.2) is 43.5 Å². The van der Waals surface area contributed by atoms with Gasteiger partial charge in [-0.3, -0.25) is 0 Å². The minimum Gasteiger partial charge on any atom is -0.460 e. The molecule has 1 saturated heterocycles. The second-order valence-corrected chi connectivity index (χ2v) is 7.75. The lowest BCUT2D eigenvalue weighted by Crippen LogP contribution is -2.41. The van der Waals surface area contributed by atoms with Gasteiger partial charge in [-0.2, -0.15) is 0 Å². The Kier molecular flexibility index (Phi) is 6.90. The number of hydrogen-bond acceptors (Lipinski definition) is 6. The van der Waals surface area contributed by atoms with Crippen LogP contribution in [0.5, 0.6) is 0 Å². The Balaban J connectivity index is 1.75. The van der Waals surface area contributed by atoms with Gasteiger partial charge >= 0.3 is 19.2 Å². The summed E-state index contributed by atoms with van der Waals surface area (Å²) in [6.07, 6.45) is -0.582. The molecule has 28 heavy (non-hydrogen) atoms. The van der Waals surface area contributed by atoms with Crippen molar-refractivity contribution in [1.29, 1.82) is 0 Å². The molecular weight excluding hydrogens is 361 g/mol. The fraction of sp³-hybridized carbons (Fsp3) is 0.500. The van der Waals surface area contributed by atoms with Gasteiger partial charge in [-0.15, -0.1) is 0 Å². The Labute approximate surface area is 166 Å². The lowest BCUT2D eigenvalue weighted by Gasteiger charge is -2.32. The quantitative estimate of drug-likeness (QED) is 0.334. The largest absolute Gasteiger partial charge is 0.494 e. The third-order valence-electron chi connectivity index (χ3n) is 4.83. The zero-order valence-electron chi connectivity index (χ0n) is 17.2. The number of nitrogens with one attached hydrogen (secondary N) is 1. The molecule has 1 fully saturated rings. The molecule has 152 valence electrons. The highest BCUT2D eigenvalue weighted by Gasteiger charge is 2.51. The van der Waals surface area contributed by atoms with E-state index in [9.17, 15) is 9.59 Å². The molecule has 0 saturated carbocycles. The summed E-state index contributed by atoms with van der Waals surface area (Å²) in [7, 11) is -0.426. The second kappa shape index (κ2) is 8.79. The standard InChI is InChI=1S/C20H28BNO6/c1-14(2)17(23)25-12-11-22-18(24)26-13-15-7-9-16(10-8-15)21-27-19(3,4)20(5,6)28-21/h7-10H,1,11-13H2,2-6H3,(H,22,24). The number of ether oxygens (including phenoxy) is 2. The number of carbonyl (C=O) groups is 2. The predicted molar refractivity (Wildman–Crippen MR) is 106 cm³/mol. The zero-order valence-corrected chi connectivity index (χ0v) is 17.2. The molecule has 1 aliphatic rings. The monoisotopic (exact) mass is 389 g/mol. The van der Waals surface area contributed by atoms with E-state index in [0.29, 0.717) is 5.57 Å². The van der Waals surface area contributed by atoms with Crippen molar-refractivity contribution in [3.8, 4) is 0 Å². The van der Waals surface area contributed by atoms with Crippen molar-refractivity contribution in [2.24, 2.45) is 0 Å². The van der Waals surface area contributed by atoms with Gasteiger partial charge in [-0.25, -0.2) is 9.59 Å². The van der Waals surface area contributed by atoms with Crippen molar-refractivity contribution in [3.05, 3.63) is 42.0 Å². The molecule has 1 amide bonds. The summed E-state index contributed by atoms with van der Waals surface area (Å²) in [5, 5.41) is 2.51. The average molecular weight is 389 g/mol. The molecule has 7 nitrogen and oxygen atoms in total. The molecular formula is C20H28BNO6. The molecule has 0 aromatic heterocycles. The third-order valence-corrected chi connectivity index (χ3v) is 4.83. The van der Waals surface area contributed by atoms with Crippen molar-refractivity contribution < 1.29 is 28.4 Å². The first-order chi connectivity index (χ1) is 13.0. The summed E-state index contributed by atoms with van der Waals surface area (Å²) < 4.78 is 22.1. The van der Waals surface area contributed by atoms with Crippen LogP contribution >= 0.6 is 0 Å². The van der Waals surface area contributed by atoms with E-state index in [1.54, 1.807) is 6.92 Å². The normalized spacial score (nSPS) is 17.1. The maximum Gasteiger partial charge on any atom is 0.494 e. The molecule has 8 heteroatoms. The predicted octanol–water partition coefficient (Wildman–Crippen LogP) is 2.33. The first-order valence-corrected chi connectivity index (χ1v) is 9.19. The summed E-state index contributed by atoms with van der Waals surface area (Å²) in [5.41, 5.74) is 1.27. The van der Waals surface area contributed by atoms with Gasteiger partial charge < -0.3 is 24.1 Å². The number of esters is 1. The molecule has 0 radical (unpaired) electrons. The summed E-state index contributed by atoms with van der Waals surface area (Å²) in [6.45, 7) is 13.4. The number of benzene rings is 1. The summed E-state index contributed by atoms with van der Waals surface area (Å²) >= 11 is 0. The van der Waals surface area contributed by atoms with E-state index < -0.39 is 30.4 Å². The minimum absolute atomic E-state index is 0.0591. The van der Waals surface area contributed by atoms with Crippen LogP contribution < -0.4 is 10.8 Å². The lowest BCUT2D eigenvalue weighted by atomic mass is 9.79. The fourth-order valence-electron chi connectivity index (χ4n) is 2.37. The van der Waals surface area contributed by atoms with Crippen LogP contribution in [0.3, 0.4) is 0 Å². The molecule has 1 aliphatic heterocycles. The van der Waals surface area contributed by atoms with E-state index >= 15 is 0 Å². The highest BCUT2D eigenvalue weighted by atomic mass is 16.7. The minimum atomic E-state index is -0.582. The molecule has 1 heterocycles. The van der Waals surface area contributed by atoms with Crippen LogP contribution in [0.4, 0.5) is 4.79 Å². The summed E-state index contributed by atoms with van der Waals surface area (Å²) in [6, 6.07) is 7.52. The second-order valence-electron chi connectivity index (χ2n) is 7.75. The van der Waals surface area contributed by atoms with Crippen LogP contribution in [0.15, 0.2) is 36.4 Å². The molecule has 1 aromatic rings. The fourth-order valence-corrected chi connectivity index (χ4v) is 2.37. The number of amides is 1. The molecule has 1 N–H and O–H groups in total. The molecule has 0 aliphatic carbocycles. The van der Waals surface area contributed by atoms with E-state index in [4.69, 9.17) is 18.8 Å². The molecule has 0 atom stereocenters. The highest BCUT2D eigenvalue weighted by molar-refractivity contribution is 6.62. The van der Waals surface area contributed by atoms with Gasteiger partial charge in [0.15, 0.2) is 0 Å². The van der Waals surface area contributed by atoms with Gasteiger partial charge in [0.2, 0.25) is 0 Å². The molecule has 2 rings (SSSR count). The highest BCUT2D eigenvalue weighted by Crippen LogP contribution is 2.36. The van der Waals surface area contributed by atoms with Gasteiger partial charge in [0, 0.05) is 5.57 Å². The smallest absolute Gasteiger partial charge is 0.460 e. The van der Waals surface area contributed by atoms with Crippen molar-refractivity contribution in [2.45, 2.75) is 52.4 Å². The molecule has 0 bridgehead atoms. The number of hydrogen-bond donors (Lipinski definition) is 1. The van der Waals surface area contributed by atoms with Crippen molar-refractivity contribution >= 4 is 24.6 Å². The van der Waals surface area contributed by atoms with Crippen LogP contribution in [0.2, 0.25) is 0 Å². The molecule has 0 unspecified atom stereocenters. The van der Waals surface area contributed by atoms with Gasteiger partial charge in [0.05, 0.1) is 17.7 Å². The molecule has 0 spiro atoms. The Morgan fingerprint density at radius 2 is 1.64 bits per heavy atom. The SMILES string of the molecule is C=C(C)C(=O)OCCNC(=O)OCc1ccc(B2OC(C)(C)C(C)(C)O2)cc1. The van der Waals surface area contributed by atoms with E-state index in [1.807, 2.05) is 52.0 Å². The van der Waals surface area contributed by atoms with Crippen molar-refractivity contribution in [1.82, 2.24) is 5.32 Å². The van der Waals surface area contributed by atoms with E-state index in [1.165, 1.54) is 0 Å². The Bertz CT molecular complexity index is 713. The maximum atomic E-state index is 11.7. The van der Waals surface area contributed by atoms with Gasteiger partial charge in [-0.1, -0.05) is 30.8 Å². The summed E-state index contributed by atoms with van der Waals surface area (Å²) in [4.78, 5) is 22.9. The number of alkyl carbamates (subject to hydrolysis) is 1. The average Bonchev–Trinajstić information content (AvgIpc) is 2.84. The van der Waals surface area contributed by atoms with E-state index in [2.05, 4.69) is 11.9 Å².